The van der Waals surface area contributed by atoms with E-state index in [4.69, 9.17) is 28.4 Å². The Morgan fingerprint density at radius 3 is 1.73 bits per heavy atom. The molecule has 51 heavy (non-hydrogen) atoms. The predicted molar refractivity (Wildman–Crippen MR) is 203 cm³/mol. The van der Waals surface area contributed by atoms with Crippen molar-refractivity contribution in [3.63, 3.8) is 0 Å². The Morgan fingerprint density at radius 2 is 1.18 bits per heavy atom. The third-order valence-corrected chi connectivity index (χ3v) is 9.45. The minimum absolute atomic E-state index is 0.145. The molecule has 6 rings (SSSR count). The van der Waals surface area contributed by atoms with Crippen LogP contribution in [0.25, 0.3) is 0 Å². The Kier molecular flexibility index (Phi) is 13.8. The molecule has 8 heteroatoms. The molecule has 0 amide bonds. The van der Waals surface area contributed by atoms with Crippen molar-refractivity contribution >= 4 is 21.9 Å². The zero-order valence-corrected chi connectivity index (χ0v) is 31.2. The fourth-order valence-corrected chi connectivity index (χ4v) is 6.27. The number of halogens is 1. The highest BCUT2D eigenvalue weighted by Crippen LogP contribution is 2.36. The number of esters is 1. The maximum atomic E-state index is 12.5. The second-order valence-corrected chi connectivity index (χ2v) is 12.9. The van der Waals surface area contributed by atoms with Crippen molar-refractivity contribution < 1.29 is 33.2 Å². The zero-order valence-electron chi connectivity index (χ0n) is 29.6. The Labute approximate surface area is 309 Å². The van der Waals surface area contributed by atoms with Crippen LogP contribution in [0.15, 0.2) is 115 Å². The first-order chi connectivity index (χ1) is 24.9. The molecule has 1 unspecified atom stereocenters. The highest BCUT2D eigenvalue weighted by Gasteiger charge is 2.32. The first kappa shape index (κ1) is 37.3. The van der Waals surface area contributed by atoms with Crippen molar-refractivity contribution in [3.05, 3.63) is 149 Å². The Balaban J connectivity index is 0.000000236. The third kappa shape index (κ3) is 10.5. The fourth-order valence-electron chi connectivity index (χ4n) is 5.93. The standard InChI is InChI=1S/C28H30O5.C15H15BrO2/c1-19-9-11-22(16-26(19)30-2)24-15-23(28(29)33-18-24)13-21-10-12-25(27(14-21)31-3)32-17-20-7-5-4-6-8-20;1-17-15-9-13(10-16)7-8-14(15)18-11-12-5-3-2-4-6-12/h4-12,14,16,23-24H,13,15,17-18H2,1-3H3;2-9H,10-11H2,1H3/t23?,24-;/m1./s1. The van der Waals surface area contributed by atoms with Gasteiger partial charge in [-0.2, -0.15) is 0 Å². The molecule has 0 aromatic heterocycles. The summed E-state index contributed by atoms with van der Waals surface area (Å²) in [5.74, 6) is 3.53. The summed E-state index contributed by atoms with van der Waals surface area (Å²) in [6.45, 7) is 3.43. The van der Waals surface area contributed by atoms with Crippen molar-refractivity contribution in [3.8, 4) is 28.7 Å². The van der Waals surface area contributed by atoms with Gasteiger partial charge in [0.15, 0.2) is 23.0 Å². The van der Waals surface area contributed by atoms with E-state index in [2.05, 4.69) is 34.1 Å². The normalized spacial score (nSPS) is 15.1. The minimum Gasteiger partial charge on any atom is -0.496 e. The molecule has 1 heterocycles. The topological polar surface area (TPSA) is 72.5 Å². The lowest BCUT2D eigenvalue weighted by Crippen LogP contribution is -2.30. The van der Waals surface area contributed by atoms with Crippen LogP contribution in [0.3, 0.4) is 0 Å². The van der Waals surface area contributed by atoms with Gasteiger partial charge in [-0.25, -0.2) is 0 Å². The molecule has 0 radical (unpaired) electrons. The van der Waals surface area contributed by atoms with E-state index in [0.29, 0.717) is 37.7 Å². The molecule has 0 bridgehead atoms. The molecule has 0 aliphatic carbocycles. The summed E-state index contributed by atoms with van der Waals surface area (Å²) in [6, 6.07) is 38.1. The number of methoxy groups -OCH3 is 3. The van der Waals surface area contributed by atoms with E-state index in [1.807, 2.05) is 104 Å². The second kappa shape index (κ2) is 18.9. The zero-order chi connectivity index (χ0) is 36.0. The van der Waals surface area contributed by atoms with Gasteiger partial charge in [-0.3, -0.25) is 4.79 Å². The van der Waals surface area contributed by atoms with Gasteiger partial charge in [-0.1, -0.05) is 101 Å². The number of carbonyl (C=O) groups excluding carboxylic acids is 1. The number of aryl methyl sites for hydroxylation is 1. The maximum Gasteiger partial charge on any atom is 0.309 e. The van der Waals surface area contributed by atoms with Crippen molar-refractivity contribution in [1.82, 2.24) is 0 Å². The first-order valence-corrected chi connectivity index (χ1v) is 18.1. The molecule has 1 aliphatic heterocycles. The Hall–Kier alpha value is -4.95. The van der Waals surface area contributed by atoms with Crippen LogP contribution in [0.2, 0.25) is 0 Å². The summed E-state index contributed by atoms with van der Waals surface area (Å²) >= 11 is 3.42. The van der Waals surface area contributed by atoms with E-state index in [1.165, 1.54) is 5.56 Å². The minimum atomic E-state index is -0.211. The monoisotopic (exact) mass is 752 g/mol. The van der Waals surface area contributed by atoms with Gasteiger partial charge in [0.25, 0.3) is 0 Å². The van der Waals surface area contributed by atoms with Gasteiger partial charge in [0, 0.05) is 11.2 Å². The molecular weight excluding hydrogens is 708 g/mol. The maximum absolute atomic E-state index is 12.5. The van der Waals surface area contributed by atoms with E-state index < -0.39 is 0 Å². The number of rotatable bonds is 13. The number of benzene rings is 5. The summed E-state index contributed by atoms with van der Waals surface area (Å²) in [5, 5.41) is 0.808. The van der Waals surface area contributed by atoms with Gasteiger partial charge in [-0.05, 0) is 83.5 Å². The second-order valence-electron chi connectivity index (χ2n) is 12.3. The van der Waals surface area contributed by atoms with Gasteiger partial charge in [0.2, 0.25) is 0 Å². The lowest BCUT2D eigenvalue weighted by molar-refractivity contribution is -0.154. The van der Waals surface area contributed by atoms with Crippen LogP contribution >= 0.6 is 15.9 Å². The lowest BCUT2D eigenvalue weighted by atomic mass is 9.84. The molecule has 0 N–H and O–H groups in total. The first-order valence-electron chi connectivity index (χ1n) is 16.9. The van der Waals surface area contributed by atoms with Crippen molar-refractivity contribution in [2.24, 2.45) is 5.92 Å². The van der Waals surface area contributed by atoms with E-state index in [-0.39, 0.29) is 17.8 Å². The number of hydrogen-bond acceptors (Lipinski definition) is 7. The van der Waals surface area contributed by atoms with Crippen LogP contribution < -0.4 is 23.7 Å². The van der Waals surface area contributed by atoms with E-state index in [1.54, 1.807) is 21.3 Å². The van der Waals surface area contributed by atoms with Crippen LogP contribution in [-0.2, 0) is 34.5 Å². The summed E-state index contributed by atoms with van der Waals surface area (Å²) in [6.07, 6.45) is 1.33. The van der Waals surface area contributed by atoms with Crippen molar-refractivity contribution in [2.45, 2.75) is 44.2 Å². The van der Waals surface area contributed by atoms with Gasteiger partial charge in [-0.15, -0.1) is 0 Å². The molecular formula is C43H45BrO7. The quantitative estimate of drug-likeness (QED) is 0.0876. The molecule has 0 saturated carbocycles. The van der Waals surface area contributed by atoms with E-state index in [0.717, 1.165) is 56.8 Å². The van der Waals surface area contributed by atoms with E-state index >= 15 is 0 Å². The van der Waals surface area contributed by atoms with Gasteiger partial charge < -0.3 is 28.4 Å². The van der Waals surface area contributed by atoms with Crippen LogP contribution in [-0.4, -0.2) is 33.9 Å². The number of ether oxygens (including phenoxy) is 6. The average Bonchev–Trinajstić information content (AvgIpc) is 3.18. The molecule has 2 atom stereocenters. The highest BCUT2D eigenvalue weighted by molar-refractivity contribution is 9.08. The number of alkyl halides is 1. The van der Waals surface area contributed by atoms with Gasteiger partial charge in [0.1, 0.15) is 19.0 Å². The van der Waals surface area contributed by atoms with Crippen LogP contribution in [0.1, 0.15) is 45.7 Å². The number of carbonyl (C=O) groups is 1. The molecule has 5 aromatic rings. The molecule has 1 fully saturated rings. The molecule has 7 nitrogen and oxygen atoms in total. The van der Waals surface area contributed by atoms with Crippen molar-refractivity contribution in [2.75, 3.05) is 27.9 Å². The SMILES string of the molecule is COc1cc(CBr)ccc1OCc1ccccc1.COc1cc([C@H]2COC(=O)C(Cc3ccc(OCc4ccccc4)c(OC)c3)C2)ccc1C. The number of cyclic esters (lactones) is 1. The molecule has 266 valence electrons. The van der Waals surface area contributed by atoms with Crippen molar-refractivity contribution in [1.29, 1.82) is 0 Å². The fraction of sp³-hybridized carbons (Fsp3) is 0.279. The Morgan fingerprint density at radius 1 is 0.627 bits per heavy atom. The predicted octanol–water partition coefficient (Wildman–Crippen LogP) is 9.65. The molecule has 5 aromatic carbocycles. The average molecular weight is 754 g/mol. The lowest BCUT2D eigenvalue weighted by Gasteiger charge is -2.29. The van der Waals surface area contributed by atoms with Crippen LogP contribution in [0, 0.1) is 12.8 Å². The van der Waals surface area contributed by atoms with Crippen LogP contribution in [0.5, 0.6) is 28.7 Å². The summed E-state index contributed by atoms with van der Waals surface area (Å²) in [4.78, 5) is 12.5. The Bertz CT molecular complexity index is 1840. The molecule has 1 aliphatic rings. The third-order valence-electron chi connectivity index (χ3n) is 8.80. The van der Waals surface area contributed by atoms with Gasteiger partial charge >= 0.3 is 5.97 Å². The molecule has 1 saturated heterocycles. The number of hydrogen-bond donors (Lipinski definition) is 0. The summed E-state index contributed by atoms with van der Waals surface area (Å²) in [7, 11) is 4.96. The summed E-state index contributed by atoms with van der Waals surface area (Å²) < 4.78 is 33.7. The highest BCUT2D eigenvalue weighted by atomic mass is 79.9. The molecule has 0 spiro atoms. The van der Waals surface area contributed by atoms with Gasteiger partial charge in [0.05, 0.1) is 33.9 Å². The smallest absolute Gasteiger partial charge is 0.309 e. The summed E-state index contributed by atoms with van der Waals surface area (Å²) in [5.41, 5.74) is 6.64. The largest absolute Gasteiger partial charge is 0.496 e. The van der Waals surface area contributed by atoms with Crippen LogP contribution in [0.4, 0.5) is 0 Å². The van der Waals surface area contributed by atoms with E-state index in [9.17, 15) is 4.79 Å².